The van der Waals surface area contributed by atoms with Gasteiger partial charge in [-0.25, -0.2) is 13.2 Å². The fourth-order valence-corrected chi connectivity index (χ4v) is 4.26. The van der Waals surface area contributed by atoms with Crippen LogP contribution in [0.4, 0.5) is 0 Å². The lowest BCUT2D eigenvalue weighted by molar-refractivity contribution is 0.0450. The summed E-state index contributed by atoms with van der Waals surface area (Å²) in [5.41, 5.74) is 1.18. The third-order valence-corrected chi connectivity index (χ3v) is 6.24. The number of carbonyl (C=O) groups excluding carboxylic acids is 1. The van der Waals surface area contributed by atoms with Crippen LogP contribution < -0.4 is 4.74 Å². The average Bonchev–Trinajstić information content (AvgIpc) is 2.73. The maximum atomic E-state index is 12.7. The van der Waals surface area contributed by atoms with Crippen molar-refractivity contribution in [3.8, 4) is 5.75 Å². The number of sulfonamides is 1. The maximum Gasteiger partial charge on any atom is 0.338 e. The minimum absolute atomic E-state index is 0.0631. The molecule has 1 fully saturated rings. The van der Waals surface area contributed by atoms with Gasteiger partial charge < -0.3 is 14.2 Å². The molecule has 0 N–H and O–H groups in total. The molecule has 0 unspecified atom stereocenters. The van der Waals surface area contributed by atoms with Gasteiger partial charge in [0.2, 0.25) is 10.0 Å². The van der Waals surface area contributed by atoms with Crippen LogP contribution in [-0.2, 0) is 19.5 Å². The largest absolute Gasteiger partial charge is 0.490 e. The Bertz CT molecular complexity index is 922. The summed E-state index contributed by atoms with van der Waals surface area (Å²) in [5, 5.41) is 0. The molecule has 0 amide bonds. The molecule has 2 aromatic carbocycles. The fourth-order valence-electron chi connectivity index (χ4n) is 2.81. The van der Waals surface area contributed by atoms with Gasteiger partial charge in [-0.15, -0.1) is 0 Å². The number of hydrogen-bond donors (Lipinski definition) is 0. The molecule has 0 spiro atoms. The number of carbonyl (C=O) groups is 1. The SMILES string of the molecule is Cc1ccccc1OCCOC(=O)c1cccc(S(=O)(=O)N2CCOCC2)c1. The highest BCUT2D eigenvalue weighted by atomic mass is 32.2. The lowest BCUT2D eigenvalue weighted by atomic mass is 10.2. The van der Waals surface area contributed by atoms with Crippen molar-refractivity contribution >= 4 is 16.0 Å². The van der Waals surface area contributed by atoms with Gasteiger partial charge in [-0.3, -0.25) is 0 Å². The van der Waals surface area contributed by atoms with E-state index < -0.39 is 16.0 Å². The summed E-state index contributed by atoms with van der Waals surface area (Å²) < 4.78 is 42.8. The molecule has 1 heterocycles. The molecule has 1 aliphatic rings. The van der Waals surface area contributed by atoms with Gasteiger partial charge in [0.25, 0.3) is 0 Å². The van der Waals surface area contributed by atoms with Crippen molar-refractivity contribution in [3.63, 3.8) is 0 Å². The standard InChI is InChI=1S/C20H23NO6S/c1-16-5-2-3-8-19(16)26-13-14-27-20(22)17-6-4-7-18(15-17)28(23,24)21-9-11-25-12-10-21/h2-8,15H,9-14H2,1H3. The monoisotopic (exact) mass is 405 g/mol. The first-order valence-electron chi connectivity index (χ1n) is 9.02. The van der Waals surface area contributed by atoms with E-state index in [1.165, 1.54) is 28.6 Å². The molecule has 3 rings (SSSR count). The van der Waals surface area contributed by atoms with E-state index in [-0.39, 0.29) is 23.7 Å². The number of nitrogens with zero attached hydrogens (tertiary/aromatic N) is 1. The molecule has 7 nitrogen and oxygen atoms in total. The number of ether oxygens (including phenoxy) is 3. The van der Waals surface area contributed by atoms with Gasteiger partial charge in [-0.05, 0) is 36.8 Å². The first-order valence-corrected chi connectivity index (χ1v) is 10.5. The number of esters is 1. The van der Waals surface area contributed by atoms with Crippen molar-refractivity contribution in [1.82, 2.24) is 4.31 Å². The Balaban J connectivity index is 1.58. The molecule has 28 heavy (non-hydrogen) atoms. The molecule has 1 saturated heterocycles. The van der Waals surface area contributed by atoms with E-state index in [1.54, 1.807) is 0 Å². The Kier molecular flexibility index (Phi) is 6.66. The summed E-state index contributed by atoms with van der Waals surface area (Å²) in [6, 6.07) is 13.4. The first-order chi connectivity index (χ1) is 13.5. The summed E-state index contributed by atoms with van der Waals surface area (Å²) in [6.45, 7) is 3.53. The second kappa shape index (κ2) is 9.18. The molecule has 0 bridgehead atoms. The van der Waals surface area contributed by atoms with Crippen molar-refractivity contribution in [1.29, 1.82) is 0 Å². The molecule has 2 aromatic rings. The number of morpholine rings is 1. The van der Waals surface area contributed by atoms with E-state index in [2.05, 4.69) is 0 Å². The quantitative estimate of drug-likeness (QED) is 0.519. The maximum absolute atomic E-state index is 12.7. The van der Waals surface area contributed by atoms with E-state index in [4.69, 9.17) is 14.2 Å². The number of aryl methyl sites for hydroxylation is 1. The van der Waals surface area contributed by atoms with Crippen LogP contribution in [0.1, 0.15) is 15.9 Å². The molecule has 0 radical (unpaired) electrons. The van der Waals surface area contributed by atoms with E-state index in [9.17, 15) is 13.2 Å². The van der Waals surface area contributed by atoms with Gasteiger partial charge in [0.05, 0.1) is 23.7 Å². The predicted molar refractivity (Wildman–Crippen MR) is 103 cm³/mol. The lowest BCUT2D eigenvalue weighted by Crippen LogP contribution is -2.40. The Morgan fingerprint density at radius 3 is 2.57 bits per heavy atom. The highest BCUT2D eigenvalue weighted by Gasteiger charge is 2.27. The van der Waals surface area contributed by atoms with Gasteiger partial charge in [0.1, 0.15) is 19.0 Å². The number of rotatable bonds is 7. The predicted octanol–water partition coefficient (Wildman–Crippen LogP) is 2.25. The summed E-state index contributed by atoms with van der Waals surface area (Å²) in [6.07, 6.45) is 0. The summed E-state index contributed by atoms with van der Waals surface area (Å²) in [5.74, 6) is 0.143. The van der Waals surface area contributed by atoms with E-state index in [0.717, 1.165) is 11.3 Å². The average molecular weight is 405 g/mol. The molecule has 150 valence electrons. The Labute approximate surface area is 164 Å². The topological polar surface area (TPSA) is 82.1 Å². The highest BCUT2D eigenvalue weighted by molar-refractivity contribution is 7.89. The number of para-hydroxylation sites is 1. The van der Waals surface area contributed by atoms with Gasteiger partial charge in [0, 0.05) is 13.1 Å². The van der Waals surface area contributed by atoms with Crippen LogP contribution in [-0.4, -0.2) is 58.2 Å². The zero-order valence-electron chi connectivity index (χ0n) is 15.7. The van der Waals surface area contributed by atoms with E-state index in [0.29, 0.717) is 26.3 Å². The molecule has 0 atom stereocenters. The van der Waals surface area contributed by atoms with Crippen molar-refractivity contribution in [2.75, 3.05) is 39.5 Å². The van der Waals surface area contributed by atoms with Crippen LogP contribution in [0.5, 0.6) is 5.75 Å². The van der Waals surface area contributed by atoms with Crippen molar-refractivity contribution in [3.05, 3.63) is 59.7 Å². The third kappa shape index (κ3) is 4.89. The van der Waals surface area contributed by atoms with Gasteiger partial charge in [0.15, 0.2) is 0 Å². The third-order valence-electron chi connectivity index (χ3n) is 4.35. The number of benzene rings is 2. The molecular formula is C20H23NO6S. The van der Waals surface area contributed by atoms with Crippen molar-refractivity contribution in [2.45, 2.75) is 11.8 Å². The minimum Gasteiger partial charge on any atom is -0.490 e. The molecular weight excluding hydrogens is 382 g/mol. The van der Waals surface area contributed by atoms with Crippen LogP contribution in [0, 0.1) is 6.92 Å². The summed E-state index contributed by atoms with van der Waals surface area (Å²) >= 11 is 0. The first kappa shape index (κ1) is 20.3. The van der Waals surface area contributed by atoms with Gasteiger partial charge in [-0.2, -0.15) is 4.31 Å². The smallest absolute Gasteiger partial charge is 0.338 e. The molecule has 8 heteroatoms. The van der Waals surface area contributed by atoms with E-state index >= 15 is 0 Å². The zero-order valence-corrected chi connectivity index (χ0v) is 16.5. The van der Waals surface area contributed by atoms with Crippen LogP contribution in [0.25, 0.3) is 0 Å². The summed E-state index contributed by atoms with van der Waals surface area (Å²) in [4.78, 5) is 12.3. The normalized spacial score (nSPS) is 15.2. The molecule has 0 aliphatic carbocycles. The van der Waals surface area contributed by atoms with Crippen LogP contribution >= 0.6 is 0 Å². The van der Waals surface area contributed by atoms with Crippen LogP contribution in [0.3, 0.4) is 0 Å². The van der Waals surface area contributed by atoms with Crippen molar-refractivity contribution in [2.24, 2.45) is 0 Å². The molecule has 0 aromatic heterocycles. The van der Waals surface area contributed by atoms with Gasteiger partial charge in [-0.1, -0.05) is 24.3 Å². The Morgan fingerprint density at radius 1 is 1.07 bits per heavy atom. The second-order valence-electron chi connectivity index (χ2n) is 6.29. The fraction of sp³-hybridized carbons (Fsp3) is 0.350. The lowest BCUT2D eigenvalue weighted by Gasteiger charge is -2.26. The van der Waals surface area contributed by atoms with Crippen molar-refractivity contribution < 1.29 is 27.4 Å². The zero-order chi connectivity index (χ0) is 20.0. The number of hydrogen-bond acceptors (Lipinski definition) is 6. The minimum atomic E-state index is -3.66. The Morgan fingerprint density at radius 2 is 1.82 bits per heavy atom. The highest BCUT2D eigenvalue weighted by Crippen LogP contribution is 2.19. The Hall–Kier alpha value is -2.42. The molecule has 1 aliphatic heterocycles. The van der Waals surface area contributed by atoms with Crippen LogP contribution in [0.15, 0.2) is 53.4 Å². The molecule has 0 saturated carbocycles. The van der Waals surface area contributed by atoms with Gasteiger partial charge >= 0.3 is 5.97 Å². The van der Waals surface area contributed by atoms with E-state index in [1.807, 2.05) is 31.2 Å². The summed E-state index contributed by atoms with van der Waals surface area (Å²) in [7, 11) is -3.66. The van der Waals surface area contributed by atoms with Crippen LogP contribution in [0.2, 0.25) is 0 Å². The second-order valence-corrected chi connectivity index (χ2v) is 8.23.